The summed E-state index contributed by atoms with van der Waals surface area (Å²) < 4.78 is 66.0. The van der Waals surface area contributed by atoms with E-state index >= 15 is 0 Å². The molecule has 0 bridgehead atoms. The first-order chi connectivity index (χ1) is 14.8. The Labute approximate surface area is 179 Å². The van der Waals surface area contributed by atoms with Gasteiger partial charge in [-0.3, -0.25) is 4.79 Å². The van der Waals surface area contributed by atoms with Gasteiger partial charge in [0, 0.05) is 31.3 Å². The van der Waals surface area contributed by atoms with Gasteiger partial charge in [0.1, 0.15) is 17.4 Å². The normalized spacial score (nSPS) is 17.3. The summed E-state index contributed by atoms with van der Waals surface area (Å²) in [6.45, 7) is 1.27. The number of hydrogen-bond acceptors (Lipinski definition) is 5. The molecular formula is C21H22F2N2O5S. The Bertz CT molecular complexity index is 1120. The third kappa shape index (κ3) is 4.02. The fraction of sp³-hybridized carbons (Fsp3) is 0.381. The molecule has 4 rings (SSSR count). The van der Waals surface area contributed by atoms with Crippen LogP contribution in [0.4, 0.5) is 14.5 Å². The average molecular weight is 452 g/mol. The van der Waals surface area contributed by atoms with Gasteiger partial charge < -0.3 is 14.4 Å². The highest BCUT2D eigenvalue weighted by Gasteiger charge is 2.31. The Kier molecular flexibility index (Phi) is 5.96. The molecule has 31 heavy (non-hydrogen) atoms. The van der Waals surface area contributed by atoms with E-state index in [9.17, 15) is 22.0 Å². The number of fused-ring (bicyclic) bond motifs is 1. The standard InChI is InChI=1S/C21H22F2N2O5S/c1-29-20-5-4-15(31(27,28)24-7-9-30-10-8-24)13-17(20)21(26)25-6-2-3-16-18(23)11-14(22)12-19(16)25/h4-5,11-13H,2-3,6-10H2,1H3. The van der Waals surface area contributed by atoms with Crippen molar-refractivity contribution < 1.29 is 31.5 Å². The molecule has 2 aliphatic heterocycles. The zero-order valence-electron chi connectivity index (χ0n) is 16.9. The van der Waals surface area contributed by atoms with Crippen molar-refractivity contribution in [1.29, 1.82) is 0 Å². The number of hydrogen-bond donors (Lipinski definition) is 0. The molecule has 0 N–H and O–H groups in total. The summed E-state index contributed by atoms with van der Waals surface area (Å²) in [5, 5.41) is 0. The van der Waals surface area contributed by atoms with Crippen molar-refractivity contribution in [3.63, 3.8) is 0 Å². The molecule has 166 valence electrons. The fourth-order valence-electron chi connectivity index (χ4n) is 3.92. The molecule has 0 atom stereocenters. The molecule has 0 radical (unpaired) electrons. The molecule has 10 heteroatoms. The number of morpholine rings is 1. The number of nitrogens with zero attached hydrogens (tertiary/aromatic N) is 2. The van der Waals surface area contributed by atoms with Crippen LogP contribution in [0.25, 0.3) is 0 Å². The third-order valence-electron chi connectivity index (χ3n) is 5.49. The molecule has 1 amide bonds. The fourth-order valence-corrected chi connectivity index (χ4v) is 5.35. The zero-order chi connectivity index (χ0) is 22.2. The Morgan fingerprint density at radius 3 is 2.55 bits per heavy atom. The summed E-state index contributed by atoms with van der Waals surface area (Å²) in [6.07, 6.45) is 0.878. The summed E-state index contributed by atoms with van der Waals surface area (Å²) in [4.78, 5) is 14.6. The van der Waals surface area contributed by atoms with E-state index in [0.717, 1.165) is 12.1 Å². The SMILES string of the molecule is COc1ccc(S(=O)(=O)N2CCOCC2)cc1C(=O)N1CCCc2c(F)cc(F)cc21. The number of benzene rings is 2. The largest absolute Gasteiger partial charge is 0.496 e. The van der Waals surface area contributed by atoms with Crippen molar-refractivity contribution in [1.82, 2.24) is 4.31 Å². The van der Waals surface area contributed by atoms with Gasteiger partial charge in [0.25, 0.3) is 5.91 Å². The van der Waals surface area contributed by atoms with Gasteiger partial charge in [-0.05, 0) is 37.1 Å². The van der Waals surface area contributed by atoms with E-state index in [0.29, 0.717) is 26.1 Å². The molecule has 0 spiro atoms. The van der Waals surface area contributed by atoms with Crippen molar-refractivity contribution in [3.8, 4) is 5.75 Å². The second kappa shape index (κ2) is 8.52. The summed E-state index contributed by atoms with van der Waals surface area (Å²) in [7, 11) is -2.47. The van der Waals surface area contributed by atoms with Crippen LogP contribution in [0.5, 0.6) is 5.75 Å². The van der Waals surface area contributed by atoms with Gasteiger partial charge in [-0.25, -0.2) is 17.2 Å². The number of halogens is 2. The molecule has 0 unspecified atom stereocenters. The van der Waals surface area contributed by atoms with Crippen LogP contribution in [-0.4, -0.2) is 58.6 Å². The van der Waals surface area contributed by atoms with Crippen LogP contribution in [0.3, 0.4) is 0 Å². The molecule has 1 fully saturated rings. The topological polar surface area (TPSA) is 76.1 Å². The summed E-state index contributed by atoms with van der Waals surface area (Å²) in [6, 6.07) is 5.97. The quantitative estimate of drug-likeness (QED) is 0.713. The van der Waals surface area contributed by atoms with Gasteiger partial charge in [-0.2, -0.15) is 4.31 Å². The lowest BCUT2D eigenvalue weighted by Crippen LogP contribution is -2.40. The summed E-state index contributed by atoms with van der Waals surface area (Å²) in [5.41, 5.74) is 0.420. The molecule has 0 saturated carbocycles. The highest BCUT2D eigenvalue weighted by Crippen LogP contribution is 2.34. The van der Waals surface area contributed by atoms with Gasteiger partial charge >= 0.3 is 0 Å². The predicted octanol–water partition coefficient (Wildman–Crippen LogP) is 2.59. The Hall–Kier alpha value is -2.56. The number of sulfonamides is 1. The smallest absolute Gasteiger partial charge is 0.262 e. The monoisotopic (exact) mass is 452 g/mol. The van der Waals surface area contributed by atoms with Gasteiger partial charge in [0.05, 0.1) is 36.5 Å². The van der Waals surface area contributed by atoms with Crippen LogP contribution in [0.15, 0.2) is 35.2 Å². The lowest BCUT2D eigenvalue weighted by molar-refractivity contribution is 0.0730. The predicted molar refractivity (Wildman–Crippen MR) is 109 cm³/mol. The first-order valence-electron chi connectivity index (χ1n) is 9.88. The van der Waals surface area contributed by atoms with E-state index < -0.39 is 27.6 Å². The highest BCUT2D eigenvalue weighted by atomic mass is 32.2. The van der Waals surface area contributed by atoms with E-state index in [1.807, 2.05) is 0 Å². The van der Waals surface area contributed by atoms with Crippen LogP contribution in [-0.2, 0) is 21.2 Å². The van der Waals surface area contributed by atoms with Gasteiger partial charge in [0.2, 0.25) is 10.0 Å². The van der Waals surface area contributed by atoms with Crippen molar-refractivity contribution in [2.24, 2.45) is 0 Å². The Morgan fingerprint density at radius 2 is 1.84 bits per heavy atom. The molecule has 2 aromatic rings. The number of ether oxygens (including phenoxy) is 2. The summed E-state index contributed by atoms with van der Waals surface area (Å²) >= 11 is 0. The van der Waals surface area contributed by atoms with E-state index in [1.54, 1.807) is 0 Å². The number of anilines is 1. The van der Waals surface area contributed by atoms with E-state index in [4.69, 9.17) is 9.47 Å². The maximum Gasteiger partial charge on any atom is 0.262 e. The molecule has 2 heterocycles. The van der Waals surface area contributed by atoms with E-state index in [1.165, 1.54) is 34.5 Å². The average Bonchev–Trinajstić information content (AvgIpc) is 2.78. The first kappa shape index (κ1) is 21.7. The maximum absolute atomic E-state index is 14.2. The van der Waals surface area contributed by atoms with Crippen LogP contribution in [0.1, 0.15) is 22.3 Å². The molecule has 2 aliphatic rings. The first-order valence-corrected chi connectivity index (χ1v) is 11.3. The number of methoxy groups -OCH3 is 1. The van der Waals surface area contributed by atoms with Crippen molar-refractivity contribution in [2.75, 3.05) is 44.9 Å². The van der Waals surface area contributed by atoms with E-state index in [2.05, 4.69) is 0 Å². The van der Waals surface area contributed by atoms with Gasteiger partial charge in [0.15, 0.2) is 0 Å². The maximum atomic E-state index is 14.2. The second-order valence-electron chi connectivity index (χ2n) is 7.32. The molecule has 0 aromatic heterocycles. The number of carbonyl (C=O) groups excluding carboxylic acids is 1. The van der Waals surface area contributed by atoms with Crippen molar-refractivity contribution in [3.05, 3.63) is 53.1 Å². The summed E-state index contributed by atoms with van der Waals surface area (Å²) in [5.74, 6) is -1.90. The number of carbonyl (C=O) groups is 1. The molecular weight excluding hydrogens is 430 g/mol. The Morgan fingerprint density at radius 1 is 1.10 bits per heavy atom. The van der Waals surface area contributed by atoms with Crippen LogP contribution in [0, 0.1) is 11.6 Å². The minimum absolute atomic E-state index is 0.00866. The Balaban J connectivity index is 1.75. The zero-order valence-corrected chi connectivity index (χ0v) is 17.8. The second-order valence-corrected chi connectivity index (χ2v) is 9.26. The molecule has 1 saturated heterocycles. The lowest BCUT2D eigenvalue weighted by Gasteiger charge is -2.30. The minimum Gasteiger partial charge on any atom is -0.496 e. The van der Waals surface area contributed by atoms with E-state index in [-0.39, 0.29) is 47.1 Å². The van der Waals surface area contributed by atoms with Gasteiger partial charge in [-0.15, -0.1) is 0 Å². The lowest BCUT2D eigenvalue weighted by atomic mass is 9.99. The van der Waals surface area contributed by atoms with Crippen LogP contribution in [0.2, 0.25) is 0 Å². The molecule has 7 nitrogen and oxygen atoms in total. The van der Waals surface area contributed by atoms with Crippen LogP contribution < -0.4 is 9.64 Å². The van der Waals surface area contributed by atoms with Crippen molar-refractivity contribution in [2.45, 2.75) is 17.7 Å². The third-order valence-corrected chi connectivity index (χ3v) is 7.38. The highest BCUT2D eigenvalue weighted by molar-refractivity contribution is 7.89. The van der Waals surface area contributed by atoms with Gasteiger partial charge in [-0.1, -0.05) is 0 Å². The number of rotatable bonds is 4. The molecule has 2 aromatic carbocycles. The van der Waals surface area contributed by atoms with Crippen LogP contribution >= 0.6 is 0 Å². The minimum atomic E-state index is -3.84. The molecule has 0 aliphatic carbocycles. The number of amides is 1. The van der Waals surface area contributed by atoms with Crippen molar-refractivity contribution >= 4 is 21.6 Å².